The number of carbonyl (C=O) groups excluding carboxylic acids is 1. The fourth-order valence-corrected chi connectivity index (χ4v) is 1.78. The molecule has 4 nitrogen and oxygen atoms in total. The fraction of sp³-hybridized carbons (Fsp3) is 0.923. The monoisotopic (exact) mass is 244 g/mol. The van der Waals surface area contributed by atoms with Crippen LogP contribution >= 0.6 is 0 Å². The third-order valence-electron chi connectivity index (χ3n) is 3.34. The third-order valence-corrected chi connectivity index (χ3v) is 3.34. The van der Waals surface area contributed by atoms with E-state index < -0.39 is 0 Å². The lowest BCUT2D eigenvalue weighted by molar-refractivity contribution is -0.170. The maximum atomic E-state index is 11.5. The van der Waals surface area contributed by atoms with Crippen molar-refractivity contribution in [2.45, 2.75) is 39.0 Å². The summed E-state index contributed by atoms with van der Waals surface area (Å²) in [6, 6.07) is 0. The van der Waals surface area contributed by atoms with E-state index in [9.17, 15) is 4.79 Å². The number of ether oxygens (including phenoxy) is 3. The van der Waals surface area contributed by atoms with Crippen molar-refractivity contribution in [1.29, 1.82) is 0 Å². The molecule has 100 valence electrons. The number of hydrogen-bond acceptors (Lipinski definition) is 4. The van der Waals surface area contributed by atoms with Gasteiger partial charge in [0.1, 0.15) is 6.61 Å². The predicted octanol–water partition coefficient (Wildman–Crippen LogP) is 2.16. The number of esters is 1. The molecule has 0 aromatic rings. The van der Waals surface area contributed by atoms with Crippen LogP contribution in [-0.2, 0) is 19.0 Å². The predicted molar refractivity (Wildman–Crippen MR) is 64.8 cm³/mol. The molecule has 1 aliphatic heterocycles. The summed E-state index contributed by atoms with van der Waals surface area (Å²) in [5.74, 6) is -0.0814. The molecule has 0 amide bonds. The Morgan fingerprint density at radius 3 is 2.59 bits per heavy atom. The van der Waals surface area contributed by atoms with Crippen LogP contribution < -0.4 is 0 Å². The van der Waals surface area contributed by atoms with Crippen LogP contribution in [0.3, 0.4) is 0 Å². The molecule has 1 aliphatic rings. The highest BCUT2D eigenvalue weighted by Gasteiger charge is 2.38. The van der Waals surface area contributed by atoms with E-state index in [-0.39, 0.29) is 11.4 Å². The molecule has 0 atom stereocenters. The molecule has 1 fully saturated rings. The lowest BCUT2D eigenvalue weighted by atomic mass is 9.84. The fourth-order valence-electron chi connectivity index (χ4n) is 1.78. The zero-order valence-corrected chi connectivity index (χ0v) is 11.0. The second-order valence-corrected chi connectivity index (χ2v) is 4.81. The molecule has 0 bridgehead atoms. The Labute approximate surface area is 104 Å². The molecule has 1 rings (SSSR count). The minimum Gasteiger partial charge on any atom is -0.465 e. The van der Waals surface area contributed by atoms with Gasteiger partial charge in [-0.1, -0.05) is 13.3 Å². The zero-order chi connectivity index (χ0) is 12.6. The molecule has 0 spiro atoms. The van der Waals surface area contributed by atoms with Gasteiger partial charge in [0, 0.05) is 20.1 Å². The van der Waals surface area contributed by atoms with Crippen LogP contribution in [0.1, 0.15) is 39.0 Å². The summed E-state index contributed by atoms with van der Waals surface area (Å²) < 4.78 is 15.4. The van der Waals surface area contributed by atoms with E-state index in [0.717, 1.165) is 45.5 Å². The Balaban J connectivity index is 2.01. The van der Waals surface area contributed by atoms with Crippen molar-refractivity contribution in [2.75, 3.05) is 33.5 Å². The first kappa shape index (κ1) is 14.5. The van der Waals surface area contributed by atoms with Crippen molar-refractivity contribution in [3.8, 4) is 0 Å². The number of carbonyl (C=O) groups is 1. The Morgan fingerprint density at radius 1 is 1.29 bits per heavy atom. The normalized spacial score (nSPS) is 17.5. The SMILES string of the molecule is CCC1(COC(=O)CCCCCOC)COC1. The van der Waals surface area contributed by atoms with Gasteiger partial charge < -0.3 is 14.2 Å². The van der Waals surface area contributed by atoms with Crippen molar-refractivity contribution < 1.29 is 19.0 Å². The van der Waals surface area contributed by atoms with E-state index in [1.807, 2.05) is 0 Å². The van der Waals surface area contributed by atoms with Gasteiger partial charge in [0.05, 0.1) is 18.6 Å². The van der Waals surface area contributed by atoms with Crippen molar-refractivity contribution in [1.82, 2.24) is 0 Å². The Morgan fingerprint density at radius 2 is 2.06 bits per heavy atom. The van der Waals surface area contributed by atoms with Crippen molar-refractivity contribution in [2.24, 2.45) is 5.41 Å². The number of unbranched alkanes of at least 4 members (excludes halogenated alkanes) is 2. The van der Waals surface area contributed by atoms with E-state index in [0.29, 0.717) is 13.0 Å². The Kier molecular flexibility index (Phi) is 6.52. The van der Waals surface area contributed by atoms with Crippen LogP contribution in [0, 0.1) is 5.41 Å². The van der Waals surface area contributed by atoms with Gasteiger partial charge in [-0.25, -0.2) is 0 Å². The van der Waals surface area contributed by atoms with Crippen molar-refractivity contribution >= 4 is 5.97 Å². The largest absolute Gasteiger partial charge is 0.465 e. The summed E-state index contributed by atoms with van der Waals surface area (Å²) >= 11 is 0. The molecule has 0 aromatic heterocycles. The molecular formula is C13H24O4. The number of rotatable bonds is 9. The summed E-state index contributed by atoms with van der Waals surface area (Å²) in [6.45, 7) is 4.85. The summed E-state index contributed by atoms with van der Waals surface area (Å²) in [5, 5.41) is 0. The molecule has 0 radical (unpaired) electrons. The van der Waals surface area contributed by atoms with Crippen LogP contribution in [0.5, 0.6) is 0 Å². The van der Waals surface area contributed by atoms with Gasteiger partial charge in [0.25, 0.3) is 0 Å². The van der Waals surface area contributed by atoms with Gasteiger partial charge in [-0.05, 0) is 19.3 Å². The topological polar surface area (TPSA) is 44.8 Å². The molecule has 1 heterocycles. The lowest BCUT2D eigenvalue weighted by Gasteiger charge is -2.39. The second kappa shape index (κ2) is 7.67. The summed E-state index contributed by atoms with van der Waals surface area (Å²) in [5.41, 5.74) is 0.103. The third kappa shape index (κ3) is 5.04. The van der Waals surface area contributed by atoms with Gasteiger partial charge in [-0.2, -0.15) is 0 Å². The molecule has 0 unspecified atom stereocenters. The molecule has 17 heavy (non-hydrogen) atoms. The van der Waals surface area contributed by atoms with Crippen LogP contribution in [0.25, 0.3) is 0 Å². The van der Waals surface area contributed by atoms with E-state index in [4.69, 9.17) is 14.2 Å². The van der Waals surface area contributed by atoms with E-state index in [1.165, 1.54) is 0 Å². The second-order valence-electron chi connectivity index (χ2n) is 4.81. The maximum Gasteiger partial charge on any atom is 0.305 e. The van der Waals surface area contributed by atoms with Crippen LogP contribution in [-0.4, -0.2) is 39.5 Å². The van der Waals surface area contributed by atoms with E-state index >= 15 is 0 Å². The Hall–Kier alpha value is -0.610. The highest BCUT2D eigenvalue weighted by atomic mass is 16.5. The van der Waals surface area contributed by atoms with Gasteiger partial charge in [-0.3, -0.25) is 4.79 Å². The number of methoxy groups -OCH3 is 1. The first-order valence-corrected chi connectivity index (χ1v) is 6.45. The highest BCUT2D eigenvalue weighted by Crippen LogP contribution is 2.31. The highest BCUT2D eigenvalue weighted by molar-refractivity contribution is 5.69. The smallest absolute Gasteiger partial charge is 0.305 e. The van der Waals surface area contributed by atoms with Crippen LogP contribution in [0.2, 0.25) is 0 Å². The molecule has 0 aromatic carbocycles. The summed E-state index contributed by atoms with van der Waals surface area (Å²) in [4.78, 5) is 11.5. The van der Waals surface area contributed by atoms with E-state index in [1.54, 1.807) is 7.11 Å². The van der Waals surface area contributed by atoms with Gasteiger partial charge in [-0.15, -0.1) is 0 Å². The first-order chi connectivity index (χ1) is 8.22. The first-order valence-electron chi connectivity index (χ1n) is 6.45. The quantitative estimate of drug-likeness (QED) is 0.460. The van der Waals surface area contributed by atoms with Gasteiger partial charge in [0.15, 0.2) is 0 Å². The lowest BCUT2D eigenvalue weighted by Crippen LogP contribution is -2.46. The van der Waals surface area contributed by atoms with Crippen molar-refractivity contribution in [3.05, 3.63) is 0 Å². The minimum atomic E-state index is -0.0814. The zero-order valence-electron chi connectivity index (χ0n) is 11.0. The van der Waals surface area contributed by atoms with Crippen LogP contribution in [0.15, 0.2) is 0 Å². The Bertz CT molecular complexity index is 218. The van der Waals surface area contributed by atoms with Crippen molar-refractivity contribution in [3.63, 3.8) is 0 Å². The molecule has 4 heteroatoms. The molecule has 0 saturated carbocycles. The average Bonchev–Trinajstić information content (AvgIpc) is 2.28. The summed E-state index contributed by atoms with van der Waals surface area (Å²) in [7, 11) is 1.69. The maximum absolute atomic E-state index is 11.5. The van der Waals surface area contributed by atoms with Gasteiger partial charge >= 0.3 is 5.97 Å². The van der Waals surface area contributed by atoms with E-state index in [2.05, 4.69) is 6.92 Å². The minimum absolute atomic E-state index is 0.0814. The molecule has 0 aliphatic carbocycles. The van der Waals surface area contributed by atoms with Crippen LogP contribution in [0.4, 0.5) is 0 Å². The number of hydrogen-bond donors (Lipinski definition) is 0. The standard InChI is InChI=1S/C13H24O4/c1-3-13(9-16-10-13)11-17-12(14)7-5-4-6-8-15-2/h3-11H2,1-2H3. The average molecular weight is 244 g/mol. The molecular weight excluding hydrogens is 220 g/mol. The molecule has 0 N–H and O–H groups in total. The van der Waals surface area contributed by atoms with Gasteiger partial charge in [0.2, 0.25) is 0 Å². The summed E-state index contributed by atoms with van der Waals surface area (Å²) in [6.07, 6.45) is 4.44. The molecule has 1 saturated heterocycles.